The third-order valence-electron chi connectivity index (χ3n) is 5.72. The predicted octanol–water partition coefficient (Wildman–Crippen LogP) is 3.78. The topological polar surface area (TPSA) is 79.0 Å². The number of halogens is 2. The molecule has 1 fully saturated rings. The number of rotatable bonds is 5. The van der Waals surface area contributed by atoms with Crippen molar-refractivity contribution < 1.29 is 27.9 Å². The smallest absolute Gasteiger partial charge is 0.409 e. The molecule has 0 bridgehead atoms. The zero-order chi connectivity index (χ0) is 23.5. The van der Waals surface area contributed by atoms with Crippen molar-refractivity contribution >= 4 is 29.2 Å². The summed E-state index contributed by atoms with van der Waals surface area (Å²) in [5.74, 6) is -3.09. The number of hydrogen-bond acceptors (Lipinski definition) is 5. The highest BCUT2D eigenvalue weighted by atomic mass is 19.2. The summed E-state index contributed by atoms with van der Waals surface area (Å²) >= 11 is 0. The molecule has 0 saturated carbocycles. The predicted molar refractivity (Wildman–Crippen MR) is 117 cm³/mol. The lowest BCUT2D eigenvalue weighted by Gasteiger charge is -2.35. The molecule has 2 aliphatic rings. The molecule has 4 rings (SSSR count). The van der Waals surface area contributed by atoms with E-state index in [9.17, 15) is 23.2 Å². The second-order valence-electron chi connectivity index (χ2n) is 7.77. The summed E-state index contributed by atoms with van der Waals surface area (Å²) in [5, 5.41) is 2.83. The SMILES string of the molecule is CCOC(=O)N1CCC(N2C(=O)C(Nc3ccc(F)c(F)c3)=C(c3ccccc3)C2=O)CC1. The minimum atomic E-state index is -1.07. The van der Waals surface area contributed by atoms with Gasteiger partial charge in [0.15, 0.2) is 11.6 Å². The first-order chi connectivity index (χ1) is 15.9. The summed E-state index contributed by atoms with van der Waals surface area (Å²) in [5.41, 5.74) is 0.855. The van der Waals surface area contributed by atoms with Crippen LogP contribution in [0.25, 0.3) is 5.57 Å². The van der Waals surface area contributed by atoms with Gasteiger partial charge < -0.3 is 15.0 Å². The summed E-state index contributed by atoms with van der Waals surface area (Å²) in [4.78, 5) is 41.5. The number of hydrogen-bond donors (Lipinski definition) is 1. The fourth-order valence-electron chi connectivity index (χ4n) is 4.11. The molecule has 9 heteroatoms. The Morgan fingerprint density at radius 2 is 1.73 bits per heavy atom. The molecule has 2 heterocycles. The van der Waals surface area contributed by atoms with Crippen LogP contribution in [0.3, 0.4) is 0 Å². The molecular formula is C24H23F2N3O4. The lowest BCUT2D eigenvalue weighted by atomic mass is 10.0. The van der Waals surface area contributed by atoms with E-state index < -0.39 is 35.6 Å². The molecule has 0 radical (unpaired) electrons. The first-order valence-corrected chi connectivity index (χ1v) is 10.7. The van der Waals surface area contributed by atoms with Crippen LogP contribution in [0.2, 0.25) is 0 Å². The number of ether oxygens (including phenoxy) is 1. The van der Waals surface area contributed by atoms with Crippen molar-refractivity contribution in [2.24, 2.45) is 0 Å². The summed E-state index contributed by atoms with van der Waals surface area (Å²) in [7, 11) is 0. The standard InChI is InChI=1S/C24H23F2N3O4/c1-2-33-24(32)28-12-10-17(11-13-28)29-22(30)20(15-6-4-3-5-7-15)21(23(29)31)27-16-8-9-18(25)19(26)14-16/h3-9,14,17,27H,2,10-13H2,1H3. The minimum absolute atomic E-state index is 0.00466. The van der Waals surface area contributed by atoms with Crippen LogP contribution in [0.1, 0.15) is 25.3 Å². The Morgan fingerprint density at radius 3 is 2.36 bits per heavy atom. The third-order valence-corrected chi connectivity index (χ3v) is 5.72. The molecule has 1 N–H and O–H groups in total. The molecule has 2 aliphatic heterocycles. The number of likely N-dealkylation sites (tertiary alicyclic amines) is 1. The highest BCUT2D eigenvalue weighted by Crippen LogP contribution is 2.34. The van der Waals surface area contributed by atoms with Gasteiger partial charge in [-0.05, 0) is 37.5 Å². The van der Waals surface area contributed by atoms with Gasteiger partial charge in [0.05, 0.1) is 12.2 Å². The van der Waals surface area contributed by atoms with Gasteiger partial charge >= 0.3 is 6.09 Å². The molecule has 2 aromatic rings. The second kappa shape index (κ2) is 9.40. The number of benzene rings is 2. The van der Waals surface area contributed by atoms with Crippen LogP contribution in [-0.4, -0.2) is 53.4 Å². The Hall–Kier alpha value is -3.75. The summed E-state index contributed by atoms with van der Waals surface area (Å²) < 4.78 is 32.1. The van der Waals surface area contributed by atoms with Crippen LogP contribution in [0.4, 0.5) is 19.3 Å². The number of nitrogens with one attached hydrogen (secondary N) is 1. The van der Waals surface area contributed by atoms with Crippen LogP contribution in [0.5, 0.6) is 0 Å². The fourth-order valence-corrected chi connectivity index (χ4v) is 4.11. The molecule has 0 atom stereocenters. The van der Waals surface area contributed by atoms with E-state index in [0.717, 1.165) is 12.1 Å². The van der Waals surface area contributed by atoms with Crippen molar-refractivity contribution in [1.82, 2.24) is 9.80 Å². The monoisotopic (exact) mass is 455 g/mol. The van der Waals surface area contributed by atoms with E-state index in [-0.39, 0.29) is 23.6 Å². The number of amides is 3. The maximum atomic E-state index is 13.7. The van der Waals surface area contributed by atoms with Crippen LogP contribution in [0.15, 0.2) is 54.2 Å². The van der Waals surface area contributed by atoms with Crippen molar-refractivity contribution in [1.29, 1.82) is 0 Å². The molecule has 33 heavy (non-hydrogen) atoms. The molecule has 0 unspecified atom stereocenters. The van der Waals surface area contributed by atoms with Gasteiger partial charge in [0.1, 0.15) is 5.70 Å². The Kier molecular flexibility index (Phi) is 6.39. The summed E-state index contributed by atoms with van der Waals surface area (Å²) in [6, 6.07) is 11.5. The van der Waals surface area contributed by atoms with E-state index in [1.54, 1.807) is 42.2 Å². The molecule has 3 amide bonds. The second-order valence-corrected chi connectivity index (χ2v) is 7.77. The van der Waals surface area contributed by atoms with Gasteiger partial charge in [-0.3, -0.25) is 14.5 Å². The average molecular weight is 455 g/mol. The number of nitrogens with zero attached hydrogens (tertiary/aromatic N) is 2. The minimum Gasteiger partial charge on any atom is -0.450 e. The Balaban J connectivity index is 1.61. The van der Waals surface area contributed by atoms with E-state index >= 15 is 0 Å². The maximum Gasteiger partial charge on any atom is 0.409 e. The highest BCUT2D eigenvalue weighted by molar-refractivity contribution is 6.36. The first kappa shape index (κ1) is 22.4. The molecule has 1 saturated heterocycles. The Labute approximate surface area is 189 Å². The first-order valence-electron chi connectivity index (χ1n) is 10.7. The molecule has 7 nitrogen and oxygen atoms in total. The van der Waals surface area contributed by atoms with Gasteiger partial charge in [-0.25, -0.2) is 13.6 Å². The van der Waals surface area contributed by atoms with Gasteiger partial charge in [-0.15, -0.1) is 0 Å². The number of imide groups is 1. The van der Waals surface area contributed by atoms with Crippen LogP contribution in [0, 0.1) is 11.6 Å². The number of piperidine rings is 1. The van der Waals surface area contributed by atoms with Crippen LogP contribution in [-0.2, 0) is 14.3 Å². The largest absolute Gasteiger partial charge is 0.450 e. The van der Waals surface area contributed by atoms with E-state index in [1.807, 2.05) is 0 Å². The molecule has 0 aliphatic carbocycles. The number of carbonyl (C=O) groups excluding carboxylic acids is 3. The summed E-state index contributed by atoms with van der Waals surface area (Å²) in [6.07, 6.45) is 0.409. The fraction of sp³-hybridized carbons (Fsp3) is 0.292. The van der Waals surface area contributed by atoms with E-state index in [4.69, 9.17) is 4.74 Å². The quantitative estimate of drug-likeness (QED) is 0.695. The van der Waals surface area contributed by atoms with Crippen LogP contribution >= 0.6 is 0 Å². The van der Waals surface area contributed by atoms with Crippen molar-refractivity contribution in [3.63, 3.8) is 0 Å². The lowest BCUT2D eigenvalue weighted by molar-refractivity contribution is -0.140. The average Bonchev–Trinajstić information content (AvgIpc) is 3.06. The van der Waals surface area contributed by atoms with Gasteiger partial charge in [-0.2, -0.15) is 0 Å². The number of anilines is 1. The highest BCUT2D eigenvalue weighted by Gasteiger charge is 2.44. The van der Waals surface area contributed by atoms with Gasteiger partial charge in [0.25, 0.3) is 11.8 Å². The zero-order valence-electron chi connectivity index (χ0n) is 18.0. The maximum absolute atomic E-state index is 13.7. The normalized spacial score (nSPS) is 17.1. The summed E-state index contributed by atoms with van der Waals surface area (Å²) in [6.45, 7) is 2.70. The van der Waals surface area contributed by atoms with Gasteiger partial charge in [0, 0.05) is 30.9 Å². The van der Waals surface area contributed by atoms with Crippen molar-refractivity contribution in [2.75, 3.05) is 25.0 Å². The van der Waals surface area contributed by atoms with Crippen molar-refractivity contribution in [2.45, 2.75) is 25.8 Å². The lowest BCUT2D eigenvalue weighted by Crippen LogP contribution is -2.49. The Bertz CT molecular complexity index is 1110. The molecular weight excluding hydrogens is 432 g/mol. The van der Waals surface area contributed by atoms with E-state index in [0.29, 0.717) is 31.5 Å². The third kappa shape index (κ3) is 4.44. The zero-order valence-corrected chi connectivity index (χ0v) is 18.0. The van der Waals surface area contributed by atoms with Gasteiger partial charge in [-0.1, -0.05) is 30.3 Å². The van der Waals surface area contributed by atoms with Crippen LogP contribution < -0.4 is 5.32 Å². The van der Waals surface area contributed by atoms with Crippen molar-refractivity contribution in [3.8, 4) is 0 Å². The molecule has 0 spiro atoms. The number of carbonyl (C=O) groups is 3. The molecule has 172 valence electrons. The Morgan fingerprint density at radius 1 is 1.03 bits per heavy atom. The molecule has 0 aromatic heterocycles. The van der Waals surface area contributed by atoms with E-state index in [2.05, 4.69) is 5.32 Å². The molecule has 2 aromatic carbocycles. The van der Waals surface area contributed by atoms with E-state index in [1.165, 1.54) is 11.0 Å². The van der Waals surface area contributed by atoms with Crippen molar-refractivity contribution in [3.05, 3.63) is 71.4 Å². The van der Waals surface area contributed by atoms with Gasteiger partial charge in [0.2, 0.25) is 0 Å².